The minimum absolute atomic E-state index is 0.247. The Hall–Kier alpha value is -3.67. The molecule has 0 saturated carbocycles. The lowest BCUT2D eigenvalue weighted by molar-refractivity contribution is 0.102. The molecule has 1 amide bonds. The number of amides is 1. The molecule has 0 radical (unpaired) electrons. The molecule has 27 heavy (non-hydrogen) atoms. The van der Waals surface area contributed by atoms with E-state index < -0.39 is 0 Å². The first-order valence-corrected chi connectivity index (χ1v) is 8.52. The van der Waals surface area contributed by atoms with Crippen LogP contribution in [0.1, 0.15) is 21.6 Å². The summed E-state index contributed by atoms with van der Waals surface area (Å²) in [5, 5.41) is 2.84. The third-order valence-electron chi connectivity index (χ3n) is 4.30. The van der Waals surface area contributed by atoms with Crippen molar-refractivity contribution in [2.75, 3.05) is 5.32 Å². The van der Waals surface area contributed by atoms with E-state index in [0.717, 1.165) is 27.9 Å². The first kappa shape index (κ1) is 16.8. The maximum atomic E-state index is 12.8. The Labute approximate surface area is 156 Å². The van der Waals surface area contributed by atoms with Gasteiger partial charge in [0.15, 0.2) is 0 Å². The summed E-state index contributed by atoms with van der Waals surface area (Å²) < 4.78 is 0. The van der Waals surface area contributed by atoms with E-state index in [-0.39, 0.29) is 5.91 Å². The second-order valence-electron chi connectivity index (χ2n) is 6.26. The SMILES string of the molecule is Cc1cccc(NC(=O)c2cc(-c3cnccc3C)c3nccnc3c2)n1. The molecule has 0 aliphatic carbocycles. The van der Waals surface area contributed by atoms with Gasteiger partial charge in [0.1, 0.15) is 5.82 Å². The van der Waals surface area contributed by atoms with Gasteiger partial charge in [-0.1, -0.05) is 6.07 Å². The molecule has 6 nitrogen and oxygen atoms in total. The fourth-order valence-corrected chi connectivity index (χ4v) is 2.96. The molecular weight excluding hydrogens is 338 g/mol. The second-order valence-corrected chi connectivity index (χ2v) is 6.26. The molecule has 132 valence electrons. The van der Waals surface area contributed by atoms with Crippen LogP contribution in [0.5, 0.6) is 0 Å². The molecule has 0 aliphatic rings. The molecule has 4 aromatic rings. The van der Waals surface area contributed by atoms with E-state index >= 15 is 0 Å². The van der Waals surface area contributed by atoms with Crippen LogP contribution in [0.15, 0.2) is 61.2 Å². The van der Waals surface area contributed by atoms with Gasteiger partial charge in [0.05, 0.1) is 11.0 Å². The van der Waals surface area contributed by atoms with Gasteiger partial charge in [-0.15, -0.1) is 0 Å². The van der Waals surface area contributed by atoms with Crippen molar-refractivity contribution in [3.8, 4) is 11.1 Å². The summed E-state index contributed by atoms with van der Waals surface area (Å²) in [6.07, 6.45) is 6.79. The molecule has 0 saturated heterocycles. The molecule has 1 N–H and O–H groups in total. The number of pyridine rings is 2. The van der Waals surface area contributed by atoms with Gasteiger partial charge in [0.25, 0.3) is 5.91 Å². The fraction of sp³-hybridized carbons (Fsp3) is 0.0952. The molecule has 1 aromatic carbocycles. The zero-order valence-electron chi connectivity index (χ0n) is 15.0. The lowest BCUT2D eigenvalue weighted by atomic mass is 9.98. The number of benzene rings is 1. The number of fused-ring (bicyclic) bond motifs is 1. The van der Waals surface area contributed by atoms with Gasteiger partial charge in [-0.3, -0.25) is 19.7 Å². The van der Waals surface area contributed by atoms with Crippen molar-refractivity contribution in [1.29, 1.82) is 0 Å². The quantitative estimate of drug-likeness (QED) is 0.602. The Morgan fingerprint density at radius 3 is 2.63 bits per heavy atom. The van der Waals surface area contributed by atoms with Crippen LogP contribution in [-0.4, -0.2) is 25.8 Å². The Balaban J connectivity index is 1.82. The van der Waals surface area contributed by atoms with Crippen LogP contribution in [0.2, 0.25) is 0 Å². The highest BCUT2D eigenvalue weighted by Crippen LogP contribution is 2.30. The molecule has 0 spiro atoms. The van der Waals surface area contributed by atoms with Gasteiger partial charge >= 0.3 is 0 Å². The third kappa shape index (κ3) is 3.37. The number of aromatic nitrogens is 4. The van der Waals surface area contributed by atoms with Crippen LogP contribution in [-0.2, 0) is 0 Å². The third-order valence-corrected chi connectivity index (χ3v) is 4.30. The number of nitrogens with one attached hydrogen (secondary N) is 1. The second kappa shape index (κ2) is 6.92. The molecule has 6 heteroatoms. The number of anilines is 1. The van der Waals surface area contributed by atoms with Gasteiger partial charge in [-0.25, -0.2) is 4.98 Å². The average Bonchev–Trinajstić information content (AvgIpc) is 2.67. The molecule has 3 aromatic heterocycles. The highest BCUT2D eigenvalue weighted by Gasteiger charge is 2.15. The minimum atomic E-state index is -0.247. The number of hydrogen-bond donors (Lipinski definition) is 1. The van der Waals surface area contributed by atoms with E-state index in [4.69, 9.17) is 0 Å². The highest BCUT2D eigenvalue weighted by molar-refractivity contribution is 6.08. The van der Waals surface area contributed by atoms with Crippen molar-refractivity contribution in [2.45, 2.75) is 13.8 Å². The summed E-state index contributed by atoms with van der Waals surface area (Å²) in [7, 11) is 0. The molecule has 0 aliphatic heterocycles. The molecule has 0 atom stereocenters. The molecule has 0 bridgehead atoms. The zero-order valence-corrected chi connectivity index (χ0v) is 15.0. The molecule has 4 rings (SSSR count). The highest BCUT2D eigenvalue weighted by atomic mass is 16.1. The summed E-state index contributed by atoms with van der Waals surface area (Å²) in [6.45, 7) is 3.88. The normalized spacial score (nSPS) is 10.7. The van der Waals surface area contributed by atoms with E-state index in [1.807, 2.05) is 38.1 Å². The summed E-state index contributed by atoms with van der Waals surface area (Å²) in [6, 6.07) is 11.0. The van der Waals surface area contributed by atoms with Crippen LogP contribution in [0.3, 0.4) is 0 Å². The first-order valence-electron chi connectivity index (χ1n) is 8.52. The van der Waals surface area contributed by atoms with Crippen molar-refractivity contribution in [2.24, 2.45) is 0 Å². The number of aryl methyl sites for hydroxylation is 2. The maximum Gasteiger partial charge on any atom is 0.256 e. The van der Waals surface area contributed by atoms with Gasteiger partial charge in [0, 0.05) is 47.2 Å². The summed E-state index contributed by atoms with van der Waals surface area (Å²) >= 11 is 0. The lowest BCUT2D eigenvalue weighted by Crippen LogP contribution is -2.13. The lowest BCUT2D eigenvalue weighted by Gasteiger charge is -2.11. The van der Waals surface area contributed by atoms with E-state index in [9.17, 15) is 4.79 Å². The zero-order chi connectivity index (χ0) is 18.8. The van der Waals surface area contributed by atoms with Crippen molar-refractivity contribution < 1.29 is 4.79 Å². The monoisotopic (exact) mass is 355 g/mol. The smallest absolute Gasteiger partial charge is 0.256 e. The largest absolute Gasteiger partial charge is 0.307 e. The minimum Gasteiger partial charge on any atom is -0.307 e. The first-order chi connectivity index (χ1) is 13.1. The number of hydrogen-bond acceptors (Lipinski definition) is 5. The summed E-state index contributed by atoms with van der Waals surface area (Å²) in [5.74, 6) is 0.266. The average molecular weight is 355 g/mol. The fourth-order valence-electron chi connectivity index (χ4n) is 2.96. The van der Waals surface area contributed by atoms with Gasteiger partial charge in [0.2, 0.25) is 0 Å². The molecule has 3 heterocycles. The number of rotatable bonds is 3. The molecule has 0 fully saturated rings. The Morgan fingerprint density at radius 2 is 1.81 bits per heavy atom. The van der Waals surface area contributed by atoms with E-state index in [2.05, 4.69) is 25.3 Å². The predicted octanol–water partition coefficient (Wildman–Crippen LogP) is 3.96. The van der Waals surface area contributed by atoms with Crippen molar-refractivity contribution in [1.82, 2.24) is 19.9 Å². The predicted molar refractivity (Wildman–Crippen MR) is 104 cm³/mol. The van der Waals surface area contributed by atoms with E-state index in [0.29, 0.717) is 16.9 Å². The van der Waals surface area contributed by atoms with Crippen molar-refractivity contribution in [3.05, 3.63) is 78.0 Å². The number of nitrogens with zero attached hydrogens (tertiary/aromatic N) is 4. The Morgan fingerprint density at radius 1 is 0.963 bits per heavy atom. The molecular formula is C21H17N5O. The van der Waals surface area contributed by atoms with E-state index in [1.54, 1.807) is 36.9 Å². The van der Waals surface area contributed by atoms with Gasteiger partial charge < -0.3 is 5.32 Å². The Kier molecular flexibility index (Phi) is 4.30. The number of carbonyl (C=O) groups is 1. The maximum absolute atomic E-state index is 12.8. The number of carbonyl (C=O) groups excluding carboxylic acids is 1. The standard InChI is InChI=1S/C21H17N5O/c1-13-6-7-22-12-17(13)16-10-15(11-18-20(16)24-9-8-23-18)21(27)26-19-5-3-4-14(2)25-19/h3-12H,1-2H3,(H,25,26,27). The molecule has 0 unspecified atom stereocenters. The van der Waals surface area contributed by atoms with E-state index in [1.165, 1.54) is 0 Å². The summed E-state index contributed by atoms with van der Waals surface area (Å²) in [5.41, 5.74) is 5.52. The van der Waals surface area contributed by atoms with Crippen LogP contribution >= 0.6 is 0 Å². The van der Waals surface area contributed by atoms with Crippen LogP contribution in [0, 0.1) is 13.8 Å². The van der Waals surface area contributed by atoms with Gasteiger partial charge in [-0.05, 0) is 49.7 Å². The topological polar surface area (TPSA) is 80.7 Å². The van der Waals surface area contributed by atoms with Crippen molar-refractivity contribution in [3.63, 3.8) is 0 Å². The van der Waals surface area contributed by atoms with Gasteiger partial charge in [-0.2, -0.15) is 0 Å². The summed E-state index contributed by atoms with van der Waals surface area (Å²) in [4.78, 5) is 30.2. The van der Waals surface area contributed by atoms with Crippen LogP contribution in [0.4, 0.5) is 5.82 Å². The van der Waals surface area contributed by atoms with Crippen molar-refractivity contribution >= 4 is 22.8 Å². The van der Waals surface area contributed by atoms with Crippen LogP contribution in [0.25, 0.3) is 22.2 Å². The van der Waals surface area contributed by atoms with Crippen LogP contribution < -0.4 is 5.32 Å². The Bertz CT molecular complexity index is 1160.